The van der Waals surface area contributed by atoms with Gasteiger partial charge in [-0.3, -0.25) is 14.5 Å². The van der Waals surface area contributed by atoms with Gasteiger partial charge in [-0.1, -0.05) is 6.07 Å². The van der Waals surface area contributed by atoms with Crippen LogP contribution >= 0.6 is 0 Å². The van der Waals surface area contributed by atoms with Crippen LogP contribution in [0.4, 0.5) is 0 Å². The monoisotopic (exact) mass is 352 g/mol. The van der Waals surface area contributed by atoms with Crippen LogP contribution in [-0.4, -0.2) is 31.1 Å². The fourth-order valence-electron chi connectivity index (χ4n) is 2.72. The van der Waals surface area contributed by atoms with Gasteiger partial charge in [-0.05, 0) is 32.4 Å². The van der Waals surface area contributed by atoms with E-state index >= 15 is 0 Å². The number of aromatic nitrogens is 4. The number of aromatic hydroxyl groups is 1. The van der Waals surface area contributed by atoms with Crippen molar-refractivity contribution in [2.45, 2.75) is 33.4 Å². The van der Waals surface area contributed by atoms with Crippen LogP contribution in [-0.2, 0) is 6.61 Å². The molecule has 3 heterocycles. The summed E-state index contributed by atoms with van der Waals surface area (Å²) in [6.45, 7) is 6.33. The quantitative estimate of drug-likeness (QED) is 0.684. The first-order chi connectivity index (χ1) is 12.5. The number of hydrogen-bond acceptors (Lipinski definition) is 6. The molecule has 7 heteroatoms. The van der Waals surface area contributed by atoms with Crippen molar-refractivity contribution in [2.75, 3.05) is 0 Å². The summed E-state index contributed by atoms with van der Waals surface area (Å²) in [5, 5.41) is 13.8. The number of aryl methyl sites for hydroxylation is 1. The molecule has 0 aliphatic carbocycles. The number of pyridine rings is 2. The Balaban J connectivity index is 1.94. The van der Waals surface area contributed by atoms with Gasteiger partial charge in [-0.15, -0.1) is 0 Å². The summed E-state index contributed by atoms with van der Waals surface area (Å²) in [6, 6.07) is 5.22. The predicted octanol–water partition coefficient (Wildman–Crippen LogP) is 3.33. The molecule has 0 unspecified atom stereocenters. The van der Waals surface area contributed by atoms with Crippen molar-refractivity contribution in [3.8, 4) is 23.0 Å². The molecule has 0 aromatic carbocycles. The molecule has 0 spiro atoms. The number of aldehydes is 1. The summed E-state index contributed by atoms with van der Waals surface area (Å²) in [5.74, 6) is 0.0830. The van der Waals surface area contributed by atoms with Crippen LogP contribution in [0.25, 0.3) is 11.4 Å². The fourth-order valence-corrected chi connectivity index (χ4v) is 2.72. The number of hydrogen-bond donors (Lipinski definition) is 1. The molecule has 0 fully saturated rings. The molecular weight excluding hydrogens is 332 g/mol. The van der Waals surface area contributed by atoms with E-state index in [2.05, 4.69) is 28.9 Å². The number of rotatable bonds is 6. The Labute approximate surface area is 151 Å². The number of carbonyl (C=O) groups excluding carboxylic acids is 1. The van der Waals surface area contributed by atoms with Crippen molar-refractivity contribution in [2.24, 2.45) is 0 Å². The maximum absolute atomic E-state index is 11.2. The second kappa shape index (κ2) is 7.35. The molecular formula is C19H20N4O3. The highest BCUT2D eigenvalue weighted by atomic mass is 16.5. The fraction of sp³-hybridized carbons (Fsp3) is 0.263. The topological polar surface area (TPSA) is 90.1 Å². The lowest BCUT2D eigenvalue weighted by atomic mass is 10.1. The van der Waals surface area contributed by atoms with Crippen molar-refractivity contribution >= 4 is 6.29 Å². The average molecular weight is 352 g/mol. The van der Waals surface area contributed by atoms with Crippen LogP contribution < -0.4 is 4.74 Å². The maximum Gasteiger partial charge on any atom is 0.211 e. The van der Waals surface area contributed by atoms with E-state index in [9.17, 15) is 9.90 Å². The minimum absolute atomic E-state index is 0.192. The number of carbonyl (C=O) groups is 1. The van der Waals surface area contributed by atoms with Gasteiger partial charge in [0.1, 0.15) is 12.4 Å². The summed E-state index contributed by atoms with van der Waals surface area (Å²) < 4.78 is 7.70. The molecule has 134 valence electrons. The highest BCUT2D eigenvalue weighted by molar-refractivity contribution is 5.79. The molecule has 0 saturated heterocycles. The molecule has 3 aromatic rings. The molecule has 0 bridgehead atoms. The summed E-state index contributed by atoms with van der Waals surface area (Å²) in [4.78, 5) is 19.5. The van der Waals surface area contributed by atoms with E-state index in [0.29, 0.717) is 12.0 Å². The molecule has 0 radical (unpaired) electrons. The lowest BCUT2D eigenvalue weighted by Crippen LogP contribution is -2.08. The Bertz CT molecular complexity index is 934. The van der Waals surface area contributed by atoms with Crippen LogP contribution in [0.2, 0.25) is 0 Å². The Morgan fingerprint density at radius 3 is 2.85 bits per heavy atom. The smallest absolute Gasteiger partial charge is 0.211 e. The zero-order chi connectivity index (χ0) is 18.7. The lowest BCUT2D eigenvalue weighted by Gasteiger charge is -2.15. The summed E-state index contributed by atoms with van der Waals surface area (Å²) in [6.07, 6.45) is 5.51. The van der Waals surface area contributed by atoms with Gasteiger partial charge in [0, 0.05) is 23.9 Å². The number of ether oxygens (including phenoxy) is 1. The first kappa shape index (κ1) is 17.6. The van der Waals surface area contributed by atoms with Crippen LogP contribution in [0.3, 0.4) is 0 Å². The van der Waals surface area contributed by atoms with Crippen molar-refractivity contribution in [3.63, 3.8) is 0 Å². The highest BCUT2D eigenvalue weighted by Gasteiger charge is 2.17. The molecule has 7 nitrogen and oxygen atoms in total. The van der Waals surface area contributed by atoms with E-state index in [1.807, 2.05) is 29.9 Å². The minimum atomic E-state index is -0.224. The van der Waals surface area contributed by atoms with Gasteiger partial charge in [0.2, 0.25) is 5.88 Å². The van der Waals surface area contributed by atoms with E-state index in [4.69, 9.17) is 4.74 Å². The molecule has 1 N–H and O–H groups in total. The molecule has 0 saturated carbocycles. The van der Waals surface area contributed by atoms with Gasteiger partial charge >= 0.3 is 0 Å². The number of nitrogens with zero attached hydrogens (tertiary/aromatic N) is 4. The minimum Gasteiger partial charge on any atom is -0.493 e. The Morgan fingerprint density at radius 2 is 2.12 bits per heavy atom. The van der Waals surface area contributed by atoms with Gasteiger partial charge in [0.25, 0.3) is 0 Å². The second-order valence-electron chi connectivity index (χ2n) is 6.21. The zero-order valence-electron chi connectivity index (χ0n) is 14.9. The normalized spacial score (nSPS) is 10.9. The molecule has 26 heavy (non-hydrogen) atoms. The van der Waals surface area contributed by atoms with E-state index in [0.717, 1.165) is 22.5 Å². The van der Waals surface area contributed by atoms with Gasteiger partial charge in [0.15, 0.2) is 6.29 Å². The molecule has 3 rings (SSSR count). The Hall–Kier alpha value is -3.22. The molecule has 0 aliphatic rings. The van der Waals surface area contributed by atoms with Crippen LogP contribution in [0.1, 0.15) is 41.4 Å². The predicted molar refractivity (Wildman–Crippen MR) is 96.2 cm³/mol. The second-order valence-corrected chi connectivity index (χ2v) is 6.21. The third-order valence-electron chi connectivity index (χ3n) is 3.98. The van der Waals surface area contributed by atoms with Crippen molar-refractivity contribution in [3.05, 3.63) is 53.5 Å². The standard InChI is InChI=1S/C19H20N4O3/c1-12(2)23-19(13(3)8-22-23)18-14(5-4-6-20-18)11-26-16-9-21-17(25)7-15(16)10-24/h4-10,12H,11H2,1-3H3,(H,21,25). The average Bonchev–Trinajstić information content (AvgIpc) is 3.02. The Morgan fingerprint density at radius 1 is 1.31 bits per heavy atom. The first-order valence-corrected chi connectivity index (χ1v) is 8.26. The molecule has 0 atom stereocenters. The largest absolute Gasteiger partial charge is 0.493 e. The van der Waals surface area contributed by atoms with Crippen molar-refractivity contribution in [1.82, 2.24) is 19.7 Å². The summed E-state index contributed by atoms with van der Waals surface area (Å²) in [5.41, 5.74) is 3.86. The molecule has 0 amide bonds. The van der Waals surface area contributed by atoms with E-state index in [-0.39, 0.29) is 24.1 Å². The zero-order valence-corrected chi connectivity index (χ0v) is 14.9. The van der Waals surface area contributed by atoms with Gasteiger partial charge in [-0.25, -0.2) is 4.98 Å². The van der Waals surface area contributed by atoms with Gasteiger partial charge < -0.3 is 9.84 Å². The summed E-state index contributed by atoms with van der Waals surface area (Å²) in [7, 11) is 0. The van der Waals surface area contributed by atoms with Gasteiger partial charge in [0.05, 0.1) is 29.3 Å². The van der Waals surface area contributed by atoms with Gasteiger partial charge in [-0.2, -0.15) is 5.10 Å². The van der Waals surface area contributed by atoms with E-state index in [1.165, 1.54) is 12.3 Å². The van der Waals surface area contributed by atoms with E-state index < -0.39 is 0 Å². The maximum atomic E-state index is 11.2. The van der Waals surface area contributed by atoms with E-state index in [1.54, 1.807) is 6.20 Å². The third-order valence-corrected chi connectivity index (χ3v) is 3.98. The summed E-state index contributed by atoms with van der Waals surface area (Å²) >= 11 is 0. The van der Waals surface area contributed by atoms with Crippen molar-refractivity contribution in [1.29, 1.82) is 0 Å². The highest BCUT2D eigenvalue weighted by Crippen LogP contribution is 2.28. The molecule has 3 aromatic heterocycles. The van der Waals surface area contributed by atoms with Crippen LogP contribution in [0.5, 0.6) is 11.6 Å². The SMILES string of the molecule is Cc1cnn(C(C)C)c1-c1ncccc1COc1cnc(O)cc1C=O. The lowest BCUT2D eigenvalue weighted by molar-refractivity contribution is 0.111. The third kappa shape index (κ3) is 3.42. The first-order valence-electron chi connectivity index (χ1n) is 8.26. The van der Waals surface area contributed by atoms with Crippen LogP contribution in [0.15, 0.2) is 36.8 Å². The van der Waals surface area contributed by atoms with Crippen LogP contribution in [0, 0.1) is 6.92 Å². The van der Waals surface area contributed by atoms with Crippen molar-refractivity contribution < 1.29 is 14.6 Å². The molecule has 0 aliphatic heterocycles. The Kier molecular flexibility index (Phi) is 4.97.